The number of para-hydroxylation sites is 1. The molecule has 1 aliphatic heterocycles. The van der Waals surface area contributed by atoms with Crippen LogP contribution in [-0.2, 0) is 6.54 Å². The summed E-state index contributed by atoms with van der Waals surface area (Å²) in [6, 6.07) is 10.2. The van der Waals surface area contributed by atoms with E-state index in [1.54, 1.807) is 0 Å². The lowest BCUT2D eigenvalue weighted by Gasteiger charge is -2.21. The Bertz CT molecular complexity index is 577. The molecule has 2 aromatic rings. The topological polar surface area (TPSA) is 38.2 Å². The first-order valence-electron chi connectivity index (χ1n) is 6.50. The summed E-state index contributed by atoms with van der Waals surface area (Å²) in [6.45, 7) is 6.27. The van der Waals surface area contributed by atoms with Crippen molar-refractivity contribution in [2.24, 2.45) is 0 Å². The molecule has 19 heavy (non-hydrogen) atoms. The van der Waals surface area contributed by atoms with Crippen molar-refractivity contribution in [3.63, 3.8) is 0 Å². The van der Waals surface area contributed by atoms with Gasteiger partial charge in [-0.3, -0.25) is 0 Å². The Hall–Kier alpha value is -2.10. The third-order valence-electron chi connectivity index (χ3n) is 3.23. The number of hydrogen-bond acceptors (Lipinski definition) is 4. The summed E-state index contributed by atoms with van der Waals surface area (Å²) in [4.78, 5) is 11.1. The van der Waals surface area contributed by atoms with Crippen molar-refractivity contribution >= 4 is 5.82 Å². The molecule has 1 aromatic heterocycles. The van der Waals surface area contributed by atoms with Gasteiger partial charge in [0.1, 0.15) is 24.0 Å². The van der Waals surface area contributed by atoms with Gasteiger partial charge >= 0.3 is 0 Å². The van der Waals surface area contributed by atoms with Crippen LogP contribution in [0.2, 0.25) is 0 Å². The molecule has 0 saturated carbocycles. The monoisotopic (exact) mass is 255 g/mol. The predicted octanol–water partition coefficient (Wildman–Crippen LogP) is 2.49. The Morgan fingerprint density at radius 2 is 2.00 bits per heavy atom. The van der Waals surface area contributed by atoms with Crippen LogP contribution in [0.1, 0.15) is 17.1 Å². The summed E-state index contributed by atoms with van der Waals surface area (Å²) in [5.41, 5.74) is 2.20. The number of aromatic nitrogens is 2. The second-order valence-corrected chi connectivity index (χ2v) is 4.79. The van der Waals surface area contributed by atoms with Gasteiger partial charge in [0.15, 0.2) is 0 Å². The third kappa shape index (κ3) is 2.52. The second-order valence-electron chi connectivity index (χ2n) is 4.79. The second kappa shape index (κ2) is 4.88. The fourth-order valence-corrected chi connectivity index (χ4v) is 2.38. The highest BCUT2D eigenvalue weighted by Crippen LogP contribution is 2.25. The average molecular weight is 255 g/mol. The number of benzene rings is 1. The Kier molecular flexibility index (Phi) is 3.07. The van der Waals surface area contributed by atoms with Crippen molar-refractivity contribution in [1.82, 2.24) is 9.97 Å². The maximum absolute atomic E-state index is 5.78. The van der Waals surface area contributed by atoms with E-state index in [0.29, 0.717) is 6.61 Å². The maximum atomic E-state index is 5.78. The van der Waals surface area contributed by atoms with Gasteiger partial charge < -0.3 is 9.64 Å². The molecule has 2 heterocycles. The minimum Gasteiger partial charge on any atom is -0.491 e. The number of anilines is 1. The van der Waals surface area contributed by atoms with E-state index in [0.717, 1.165) is 36.2 Å². The van der Waals surface area contributed by atoms with Gasteiger partial charge in [0, 0.05) is 23.9 Å². The molecule has 0 N–H and O–H groups in total. The zero-order chi connectivity index (χ0) is 13.2. The molecule has 4 heteroatoms. The zero-order valence-electron chi connectivity index (χ0n) is 11.3. The van der Waals surface area contributed by atoms with Gasteiger partial charge in [-0.25, -0.2) is 9.97 Å². The largest absolute Gasteiger partial charge is 0.491 e. The number of rotatable bonds is 1. The summed E-state index contributed by atoms with van der Waals surface area (Å²) in [5, 5.41) is 0. The van der Waals surface area contributed by atoms with Crippen molar-refractivity contribution < 1.29 is 4.74 Å². The molecule has 0 fully saturated rings. The Labute approximate surface area is 113 Å². The quantitative estimate of drug-likeness (QED) is 0.784. The fourth-order valence-electron chi connectivity index (χ4n) is 2.38. The summed E-state index contributed by atoms with van der Waals surface area (Å²) in [6.07, 6.45) is 0. The van der Waals surface area contributed by atoms with E-state index < -0.39 is 0 Å². The summed E-state index contributed by atoms with van der Waals surface area (Å²) in [7, 11) is 0. The van der Waals surface area contributed by atoms with E-state index in [1.165, 1.54) is 5.56 Å². The minimum absolute atomic E-state index is 0.680. The first kappa shape index (κ1) is 12.0. The van der Waals surface area contributed by atoms with E-state index in [1.807, 2.05) is 38.1 Å². The molecule has 0 bridgehead atoms. The van der Waals surface area contributed by atoms with E-state index >= 15 is 0 Å². The molecule has 1 aromatic carbocycles. The van der Waals surface area contributed by atoms with Gasteiger partial charge in [0.2, 0.25) is 0 Å². The summed E-state index contributed by atoms with van der Waals surface area (Å²) >= 11 is 0. The van der Waals surface area contributed by atoms with Crippen LogP contribution >= 0.6 is 0 Å². The first-order valence-corrected chi connectivity index (χ1v) is 6.50. The minimum atomic E-state index is 0.680. The van der Waals surface area contributed by atoms with Crippen molar-refractivity contribution in [1.29, 1.82) is 0 Å². The number of nitrogens with zero attached hydrogens (tertiary/aromatic N) is 3. The van der Waals surface area contributed by atoms with Crippen LogP contribution in [0.5, 0.6) is 5.75 Å². The average Bonchev–Trinajstić information content (AvgIpc) is 2.59. The standard InChI is InChI=1S/C15H17N3O/c1-11-9-15(17-12(2)16-11)18-7-8-19-14-6-4-3-5-13(14)10-18/h3-6,9H,7-8,10H2,1-2H3. The van der Waals surface area contributed by atoms with Crippen molar-refractivity contribution in [2.45, 2.75) is 20.4 Å². The smallest absolute Gasteiger partial charge is 0.132 e. The number of fused-ring (bicyclic) bond motifs is 1. The Morgan fingerprint density at radius 1 is 1.16 bits per heavy atom. The number of ether oxygens (including phenoxy) is 1. The molecular weight excluding hydrogens is 238 g/mol. The predicted molar refractivity (Wildman–Crippen MR) is 74.5 cm³/mol. The van der Waals surface area contributed by atoms with Crippen LogP contribution in [0, 0.1) is 13.8 Å². The summed E-state index contributed by atoms with van der Waals surface area (Å²) in [5.74, 6) is 2.77. The summed E-state index contributed by atoms with van der Waals surface area (Å²) < 4.78 is 5.78. The molecular formula is C15H17N3O. The highest BCUT2D eigenvalue weighted by Gasteiger charge is 2.16. The highest BCUT2D eigenvalue weighted by atomic mass is 16.5. The Morgan fingerprint density at radius 3 is 2.84 bits per heavy atom. The highest BCUT2D eigenvalue weighted by molar-refractivity contribution is 5.44. The molecule has 0 atom stereocenters. The van der Waals surface area contributed by atoms with Crippen LogP contribution in [-0.4, -0.2) is 23.1 Å². The molecule has 1 aliphatic rings. The molecule has 98 valence electrons. The maximum Gasteiger partial charge on any atom is 0.132 e. The molecule has 0 unspecified atom stereocenters. The van der Waals surface area contributed by atoms with Crippen LogP contribution in [0.3, 0.4) is 0 Å². The molecule has 0 amide bonds. The van der Waals surface area contributed by atoms with Gasteiger partial charge in [-0.2, -0.15) is 0 Å². The van der Waals surface area contributed by atoms with Crippen molar-refractivity contribution in [3.8, 4) is 5.75 Å². The lowest BCUT2D eigenvalue weighted by molar-refractivity contribution is 0.331. The van der Waals surface area contributed by atoms with E-state index in [9.17, 15) is 0 Å². The van der Waals surface area contributed by atoms with Crippen molar-refractivity contribution in [3.05, 3.63) is 47.4 Å². The lowest BCUT2D eigenvalue weighted by atomic mass is 10.2. The normalized spacial score (nSPS) is 14.5. The SMILES string of the molecule is Cc1cc(N2CCOc3ccccc3C2)nc(C)n1. The van der Waals surface area contributed by atoms with Crippen molar-refractivity contribution in [2.75, 3.05) is 18.1 Å². The lowest BCUT2D eigenvalue weighted by Crippen LogP contribution is -2.26. The van der Waals surface area contributed by atoms with Gasteiger partial charge in [0.05, 0.1) is 6.54 Å². The van der Waals surface area contributed by atoms with Crippen LogP contribution in [0.25, 0.3) is 0 Å². The third-order valence-corrected chi connectivity index (χ3v) is 3.23. The van der Waals surface area contributed by atoms with Gasteiger partial charge in [-0.15, -0.1) is 0 Å². The number of aryl methyl sites for hydroxylation is 2. The van der Waals surface area contributed by atoms with Gasteiger partial charge in [-0.1, -0.05) is 18.2 Å². The number of hydrogen-bond donors (Lipinski definition) is 0. The van der Waals surface area contributed by atoms with E-state index in [2.05, 4.69) is 20.9 Å². The van der Waals surface area contributed by atoms with E-state index in [-0.39, 0.29) is 0 Å². The Balaban J connectivity index is 1.94. The molecule has 4 nitrogen and oxygen atoms in total. The van der Waals surface area contributed by atoms with E-state index in [4.69, 9.17) is 4.74 Å². The molecule has 0 radical (unpaired) electrons. The first-order chi connectivity index (χ1) is 9.22. The van der Waals surface area contributed by atoms with Gasteiger partial charge in [0.25, 0.3) is 0 Å². The van der Waals surface area contributed by atoms with Crippen LogP contribution in [0.15, 0.2) is 30.3 Å². The molecule has 3 rings (SSSR count). The van der Waals surface area contributed by atoms with Crippen LogP contribution < -0.4 is 9.64 Å². The molecule has 0 aliphatic carbocycles. The molecule has 0 spiro atoms. The fraction of sp³-hybridized carbons (Fsp3) is 0.333. The van der Waals surface area contributed by atoms with Crippen LogP contribution in [0.4, 0.5) is 5.82 Å². The van der Waals surface area contributed by atoms with Gasteiger partial charge in [-0.05, 0) is 19.9 Å². The molecule has 0 saturated heterocycles. The zero-order valence-corrected chi connectivity index (χ0v) is 11.3.